The maximum Gasteiger partial charge on any atom is 0.336 e. The highest BCUT2D eigenvalue weighted by molar-refractivity contribution is 6.20. The van der Waals surface area contributed by atoms with Crippen molar-refractivity contribution < 1.29 is 23.5 Å². The molecule has 2 aromatic heterocycles. The van der Waals surface area contributed by atoms with Gasteiger partial charge in [0.05, 0.1) is 12.0 Å². The fourth-order valence-corrected chi connectivity index (χ4v) is 4.62. The van der Waals surface area contributed by atoms with E-state index in [4.69, 9.17) is 18.7 Å². The molecule has 0 aliphatic heterocycles. The summed E-state index contributed by atoms with van der Waals surface area (Å²) >= 11 is 0. The fourth-order valence-electron chi connectivity index (χ4n) is 4.62. The highest BCUT2D eigenvalue weighted by atomic mass is 16.5. The number of ketones is 1. The summed E-state index contributed by atoms with van der Waals surface area (Å²) in [5, 5.41) is 10.3. The zero-order chi connectivity index (χ0) is 25.8. The van der Waals surface area contributed by atoms with E-state index >= 15 is 0 Å². The molecule has 5 rings (SSSR count). The maximum absolute atomic E-state index is 13.8. The summed E-state index contributed by atoms with van der Waals surface area (Å²) in [5.74, 6) is 0.503. The molecule has 3 aromatic carbocycles. The lowest BCUT2D eigenvalue weighted by atomic mass is 9.96. The van der Waals surface area contributed by atoms with E-state index in [-0.39, 0.29) is 18.2 Å². The minimum absolute atomic E-state index is 0.180. The molecule has 1 N–H and O–H groups in total. The van der Waals surface area contributed by atoms with E-state index in [0.29, 0.717) is 40.0 Å². The van der Waals surface area contributed by atoms with Gasteiger partial charge in [-0.1, -0.05) is 48.9 Å². The molecular weight excluding hydrogens is 468 g/mol. The van der Waals surface area contributed by atoms with Gasteiger partial charge in [-0.05, 0) is 61.6 Å². The average molecular weight is 497 g/mol. The first-order valence-electron chi connectivity index (χ1n) is 12.5. The Balaban J connectivity index is 1.57. The first-order valence-corrected chi connectivity index (χ1v) is 12.5. The molecule has 188 valence electrons. The Bertz CT molecular complexity index is 1610. The second kappa shape index (κ2) is 10.8. The molecule has 0 fully saturated rings. The second-order valence-electron chi connectivity index (χ2n) is 9.08. The predicted octanol–water partition coefficient (Wildman–Crippen LogP) is 6.68. The van der Waals surface area contributed by atoms with E-state index in [1.54, 1.807) is 18.2 Å². The number of carbonyl (C=O) groups is 1. The van der Waals surface area contributed by atoms with E-state index in [1.807, 2.05) is 55.5 Å². The van der Waals surface area contributed by atoms with Gasteiger partial charge in [-0.3, -0.25) is 4.79 Å². The SMILES string of the molecule is Cc1cc(=O)oc2c1ccc1oc(C(=O)c3cccc(OCCCCCCO)c3)c(-c3ccccc3)c12. The van der Waals surface area contributed by atoms with E-state index in [2.05, 4.69) is 0 Å². The van der Waals surface area contributed by atoms with Crippen LogP contribution in [0, 0.1) is 6.92 Å². The van der Waals surface area contributed by atoms with Gasteiger partial charge in [0.25, 0.3) is 0 Å². The summed E-state index contributed by atoms with van der Waals surface area (Å²) in [4.78, 5) is 26.1. The van der Waals surface area contributed by atoms with Crippen molar-refractivity contribution in [3.8, 4) is 16.9 Å². The van der Waals surface area contributed by atoms with Crippen molar-refractivity contribution in [3.05, 3.63) is 100 Å². The number of fused-ring (bicyclic) bond motifs is 3. The van der Waals surface area contributed by atoms with Gasteiger partial charge >= 0.3 is 5.63 Å². The zero-order valence-corrected chi connectivity index (χ0v) is 20.7. The lowest BCUT2D eigenvalue weighted by Gasteiger charge is -2.08. The predicted molar refractivity (Wildman–Crippen MR) is 143 cm³/mol. The van der Waals surface area contributed by atoms with Crippen molar-refractivity contribution in [1.82, 2.24) is 0 Å². The Morgan fingerprint density at radius 2 is 1.70 bits per heavy atom. The van der Waals surface area contributed by atoms with Crippen LogP contribution in [-0.4, -0.2) is 24.1 Å². The summed E-state index contributed by atoms with van der Waals surface area (Å²) in [6.07, 6.45) is 3.60. The number of aliphatic hydroxyl groups excluding tert-OH is 1. The summed E-state index contributed by atoms with van der Waals surface area (Å²) in [6.45, 7) is 2.60. The number of furan rings is 1. The van der Waals surface area contributed by atoms with E-state index in [0.717, 1.165) is 42.2 Å². The third-order valence-corrected chi connectivity index (χ3v) is 6.46. The number of aliphatic hydroxyl groups is 1. The monoisotopic (exact) mass is 496 g/mol. The topological polar surface area (TPSA) is 89.9 Å². The standard InChI is InChI=1S/C31H28O6/c1-20-18-26(33)37-30-24(20)14-15-25-28(30)27(21-10-5-4-6-11-21)31(36-25)29(34)22-12-9-13-23(19-22)35-17-8-3-2-7-16-32/h4-6,9-15,18-19,32H,2-3,7-8,16-17H2,1H3. The van der Waals surface area contributed by atoms with E-state index in [9.17, 15) is 9.59 Å². The van der Waals surface area contributed by atoms with Crippen molar-refractivity contribution in [2.75, 3.05) is 13.2 Å². The summed E-state index contributed by atoms with van der Waals surface area (Å²) < 4.78 is 17.7. The summed E-state index contributed by atoms with van der Waals surface area (Å²) in [5.41, 5.74) is 3.04. The van der Waals surface area contributed by atoms with Gasteiger partial charge < -0.3 is 18.7 Å². The van der Waals surface area contributed by atoms with Gasteiger partial charge in [0.15, 0.2) is 5.76 Å². The number of carbonyl (C=O) groups excluding carboxylic acids is 1. The van der Waals surface area contributed by atoms with Crippen LogP contribution in [0.4, 0.5) is 0 Å². The van der Waals surface area contributed by atoms with E-state index < -0.39 is 5.63 Å². The quantitative estimate of drug-likeness (QED) is 0.132. The van der Waals surface area contributed by atoms with Gasteiger partial charge in [-0.2, -0.15) is 0 Å². The minimum atomic E-state index is -0.452. The van der Waals surface area contributed by atoms with Crippen molar-refractivity contribution >= 4 is 27.7 Å². The van der Waals surface area contributed by atoms with Gasteiger partial charge in [0.1, 0.15) is 16.9 Å². The molecule has 0 saturated carbocycles. The summed E-state index contributed by atoms with van der Waals surface area (Å²) in [6, 6.07) is 21.7. The first kappa shape index (κ1) is 24.5. The molecule has 0 saturated heterocycles. The molecule has 0 bridgehead atoms. The molecule has 37 heavy (non-hydrogen) atoms. The molecule has 0 aliphatic rings. The number of ether oxygens (including phenoxy) is 1. The van der Waals surface area contributed by atoms with E-state index in [1.165, 1.54) is 6.07 Å². The number of aryl methyl sites for hydroxylation is 1. The van der Waals surface area contributed by atoms with Crippen molar-refractivity contribution in [2.45, 2.75) is 32.6 Å². The Kier molecular flexibility index (Phi) is 7.19. The summed E-state index contributed by atoms with van der Waals surface area (Å²) in [7, 11) is 0. The normalized spacial score (nSPS) is 11.3. The third-order valence-electron chi connectivity index (χ3n) is 6.46. The molecule has 6 nitrogen and oxygen atoms in total. The van der Waals surface area contributed by atoms with Crippen LogP contribution in [0.1, 0.15) is 47.4 Å². The van der Waals surface area contributed by atoms with Gasteiger partial charge in [-0.25, -0.2) is 4.79 Å². The van der Waals surface area contributed by atoms with Crippen LogP contribution < -0.4 is 10.4 Å². The zero-order valence-electron chi connectivity index (χ0n) is 20.7. The number of hydrogen-bond acceptors (Lipinski definition) is 6. The van der Waals surface area contributed by atoms with Gasteiger partial charge in [0.2, 0.25) is 5.78 Å². The highest BCUT2D eigenvalue weighted by Crippen LogP contribution is 2.40. The lowest BCUT2D eigenvalue weighted by molar-refractivity contribution is 0.101. The van der Waals surface area contributed by atoms with Crippen LogP contribution in [-0.2, 0) is 0 Å². The second-order valence-corrected chi connectivity index (χ2v) is 9.08. The lowest BCUT2D eigenvalue weighted by Crippen LogP contribution is -2.03. The minimum Gasteiger partial charge on any atom is -0.494 e. The molecule has 2 heterocycles. The molecular formula is C31H28O6. The number of hydrogen-bond donors (Lipinski definition) is 1. The molecule has 0 aliphatic carbocycles. The van der Waals surface area contributed by atoms with Crippen LogP contribution in [0.3, 0.4) is 0 Å². The maximum atomic E-state index is 13.8. The molecule has 0 atom stereocenters. The first-order chi connectivity index (χ1) is 18.1. The molecule has 6 heteroatoms. The van der Waals surface area contributed by atoms with Gasteiger partial charge in [-0.15, -0.1) is 0 Å². The Morgan fingerprint density at radius 3 is 2.51 bits per heavy atom. The average Bonchev–Trinajstić information content (AvgIpc) is 3.31. The van der Waals surface area contributed by atoms with Crippen LogP contribution in [0.5, 0.6) is 5.75 Å². The van der Waals surface area contributed by atoms with Gasteiger partial charge in [0, 0.05) is 29.2 Å². The largest absolute Gasteiger partial charge is 0.494 e. The van der Waals surface area contributed by atoms with Crippen LogP contribution >= 0.6 is 0 Å². The highest BCUT2D eigenvalue weighted by Gasteiger charge is 2.26. The van der Waals surface area contributed by atoms with Crippen molar-refractivity contribution in [1.29, 1.82) is 0 Å². The number of rotatable bonds is 10. The smallest absolute Gasteiger partial charge is 0.336 e. The fraction of sp³-hybridized carbons (Fsp3) is 0.226. The van der Waals surface area contributed by atoms with Crippen LogP contribution in [0.15, 0.2) is 86.4 Å². The molecule has 0 radical (unpaired) electrons. The van der Waals surface area contributed by atoms with Crippen molar-refractivity contribution in [3.63, 3.8) is 0 Å². The molecule has 0 spiro atoms. The molecule has 0 amide bonds. The Labute approximate surface area is 214 Å². The number of benzene rings is 3. The Morgan fingerprint density at radius 1 is 0.892 bits per heavy atom. The third kappa shape index (κ3) is 5.06. The Hall–Kier alpha value is -4.16. The van der Waals surface area contributed by atoms with Crippen LogP contribution in [0.2, 0.25) is 0 Å². The van der Waals surface area contributed by atoms with Crippen molar-refractivity contribution in [2.24, 2.45) is 0 Å². The number of unbranched alkanes of at least 4 members (excludes halogenated alkanes) is 3. The molecule has 0 unspecified atom stereocenters. The van der Waals surface area contributed by atoms with Crippen LogP contribution in [0.25, 0.3) is 33.1 Å². The molecule has 5 aromatic rings.